The minimum Gasteiger partial charge on any atom is -0.400 e. The van der Waals surface area contributed by atoms with Gasteiger partial charge in [0.05, 0.1) is 36.1 Å². The van der Waals surface area contributed by atoms with E-state index in [1.165, 1.54) is 5.47 Å². The fourth-order valence-electron chi connectivity index (χ4n) is 3.33. The molecule has 0 spiro atoms. The fraction of sp³-hybridized carbons (Fsp3) is 0.889. The van der Waals surface area contributed by atoms with Gasteiger partial charge in [0, 0.05) is 6.04 Å². The van der Waals surface area contributed by atoms with E-state index in [9.17, 15) is 0 Å². The van der Waals surface area contributed by atoms with Gasteiger partial charge in [-0.2, -0.15) is 0 Å². The molecule has 3 aliphatic heterocycles. The molecule has 0 aromatic heterocycles. The van der Waals surface area contributed by atoms with Gasteiger partial charge >= 0.3 is 7.12 Å². The Bertz CT molecular complexity index is 496. The minimum absolute atomic E-state index is 0.134. The average molecular weight is 337 g/mol. The van der Waals surface area contributed by atoms with Gasteiger partial charge in [0.1, 0.15) is 6.73 Å². The van der Waals surface area contributed by atoms with Gasteiger partial charge < -0.3 is 18.8 Å². The van der Waals surface area contributed by atoms with Crippen molar-refractivity contribution in [2.24, 2.45) is 0 Å². The van der Waals surface area contributed by atoms with Gasteiger partial charge in [-0.1, -0.05) is 6.08 Å². The Morgan fingerprint density at radius 2 is 1.79 bits per heavy atom. The minimum atomic E-state index is -0.295. The monoisotopic (exact) mass is 337 g/mol. The highest BCUT2D eigenvalue weighted by atomic mass is 16.7. The van der Waals surface area contributed by atoms with E-state index in [1.54, 1.807) is 0 Å². The maximum atomic E-state index is 6.24. The van der Waals surface area contributed by atoms with Gasteiger partial charge in [-0.3, -0.25) is 4.90 Å². The Balaban J connectivity index is 1.73. The van der Waals surface area contributed by atoms with E-state index in [2.05, 4.69) is 59.4 Å². The van der Waals surface area contributed by atoms with Crippen LogP contribution >= 0.6 is 0 Å². The number of ether oxygens (including phenoxy) is 2. The van der Waals surface area contributed by atoms with Gasteiger partial charge in [-0.25, -0.2) is 0 Å². The predicted octanol–water partition coefficient (Wildman–Crippen LogP) is 2.79. The molecule has 0 saturated carbocycles. The van der Waals surface area contributed by atoms with Crippen LogP contribution in [0.4, 0.5) is 0 Å². The zero-order valence-corrected chi connectivity index (χ0v) is 16.2. The quantitative estimate of drug-likeness (QED) is 0.741. The van der Waals surface area contributed by atoms with Crippen LogP contribution in [-0.2, 0) is 18.8 Å². The van der Waals surface area contributed by atoms with Crippen LogP contribution in [0.5, 0.6) is 0 Å². The summed E-state index contributed by atoms with van der Waals surface area (Å²) in [4.78, 5) is 2.41. The molecule has 3 rings (SSSR count). The van der Waals surface area contributed by atoms with Crippen LogP contribution in [-0.4, -0.2) is 60.8 Å². The Morgan fingerprint density at radius 3 is 2.33 bits per heavy atom. The van der Waals surface area contributed by atoms with Crippen LogP contribution < -0.4 is 0 Å². The highest BCUT2D eigenvalue weighted by molar-refractivity contribution is 6.54. The van der Waals surface area contributed by atoms with E-state index in [-0.39, 0.29) is 30.0 Å². The van der Waals surface area contributed by atoms with Crippen LogP contribution in [0.2, 0.25) is 0 Å². The van der Waals surface area contributed by atoms with Gasteiger partial charge in [-0.05, 0) is 60.4 Å². The molecule has 2 unspecified atom stereocenters. The van der Waals surface area contributed by atoms with E-state index < -0.39 is 0 Å². The number of hydrogen-bond acceptors (Lipinski definition) is 5. The third-order valence-corrected chi connectivity index (χ3v) is 5.57. The number of morpholine rings is 1. The zero-order valence-electron chi connectivity index (χ0n) is 16.2. The van der Waals surface area contributed by atoms with Crippen molar-refractivity contribution in [2.45, 2.75) is 83.8 Å². The van der Waals surface area contributed by atoms with Crippen molar-refractivity contribution < 1.29 is 18.8 Å². The maximum Gasteiger partial charge on any atom is 0.490 e. The van der Waals surface area contributed by atoms with E-state index in [0.29, 0.717) is 19.4 Å². The summed E-state index contributed by atoms with van der Waals surface area (Å²) in [5, 5.41) is 0. The van der Waals surface area contributed by atoms with E-state index in [0.717, 1.165) is 13.0 Å². The average Bonchev–Trinajstić information content (AvgIpc) is 2.63. The summed E-state index contributed by atoms with van der Waals surface area (Å²) in [6, 6.07) is 0.555. The van der Waals surface area contributed by atoms with E-state index >= 15 is 0 Å². The Kier molecular flexibility index (Phi) is 4.67. The van der Waals surface area contributed by atoms with Crippen LogP contribution in [0, 0.1) is 0 Å². The third-order valence-electron chi connectivity index (χ3n) is 5.57. The SMILES string of the molecule is CC(C)(C)OCN1C2C=C(B3OC(C)(C)C(C)(C)O3)CC1COC2. The molecule has 3 aliphatic rings. The fourth-order valence-corrected chi connectivity index (χ4v) is 3.33. The number of rotatable bonds is 3. The second-order valence-corrected chi connectivity index (χ2v) is 9.19. The molecule has 2 bridgehead atoms. The highest BCUT2D eigenvalue weighted by Crippen LogP contribution is 2.41. The standard InChI is InChI=1S/C18H32BNO4/c1-16(2,3)22-12-20-14-8-13(9-15(20)11-21-10-14)19-23-17(4,5)18(6,7)24-19/h8,14-15H,9-12H2,1-7H3. The number of nitrogens with zero attached hydrogens (tertiary/aromatic N) is 1. The first-order valence-electron chi connectivity index (χ1n) is 9.02. The second-order valence-electron chi connectivity index (χ2n) is 9.19. The molecule has 2 fully saturated rings. The van der Waals surface area contributed by atoms with Crippen LogP contribution in [0.1, 0.15) is 54.9 Å². The lowest BCUT2D eigenvalue weighted by atomic mass is 9.71. The first-order chi connectivity index (χ1) is 11.0. The molecule has 0 N–H and O–H groups in total. The topological polar surface area (TPSA) is 40.2 Å². The summed E-state index contributed by atoms with van der Waals surface area (Å²) in [6.07, 6.45) is 3.17. The summed E-state index contributed by atoms with van der Waals surface area (Å²) >= 11 is 0. The molecule has 0 aliphatic carbocycles. The Morgan fingerprint density at radius 1 is 1.17 bits per heavy atom. The van der Waals surface area contributed by atoms with Crippen LogP contribution in [0.15, 0.2) is 11.5 Å². The van der Waals surface area contributed by atoms with Crippen molar-refractivity contribution in [2.75, 3.05) is 19.9 Å². The van der Waals surface area contributed by atoms with E-state index in [4.69, 9.17) is 18.8 Å². The lowest BCUT2D eigenvalue weighted by molar-refractivity contribution is -0.128. The molecule has 136 valence electrons. The molecule has 0 aromatic carbocycles. The van der Waals surface area contributed by atoms with Crippen LogP contribution in [0.3, 0.4) is 0 Å². The Hall–Kier alpha value is -0.395. The van der Waals surface area contributed by atoms with Crippen molar-refractivity contribution in [3.05, 3.63) is 11.5 Å². The molecule has 0 amide bonds. The predicted molar refractivity (Wildman–Crippen MR) is 94.7 cm³/mol. The molecule has 24 heavy (non-hydrogen) atoms. The first kappa shape index (κ1) is 18.4. The smallest absolute Gasteiger partial charge is 0.400 e. The molecular weight excluding hydrogens is 305 g/mol. The summed E-state index contributed by atoms with van der Waals surface area (Å²) in [5.74, 6) is 0. The Labute approximate surface area is 146 Å². The van der Waals surface area contributed by atoms with Gasteiger partial charge in [0.2, 0.25) is 0 Å². The maximum absolute atomic E-state index is 6.24. The van der Waals surface area contributed by atoms with Crippen molar-refractivity contribution >= 4 is 7.12 Å². The third kappa shape index (κ3) is 3.58. The van der Waals surface area contributed by atoms with Gasteiger partial charge in [0.25, 0.3) is 0 Å². The van der Waals surface area contributed by atoms with Gasteiger partial charge in [0.15, 0.2) is 0 Å². The van der Waals surface area contributed by atoms with Crippen molar-refractivity contribution in [3.63, 3.8) is 0 Å². The lowest BCUT2D eigenvalue weighted by Crippen LogP contribution is -2.56. The summed E-state index contributed by atoms with van der Waals surface area (Å²) in [5.41, 5.74) is 0.525. The molecule has 0 aromatic rings. The molecular formula is C18H32BNO4. The summed E-state index contributed by atoms with van der Waals surface area (Å²) in [6.45, 7) is 16.8. The van der Waals surface area contributed by atoms with E-state index in [1.807, 2.05) is 0 Å². The zero-order chi connectivity index (χ0) is 17.8. The van der Waals surface area contributed by atoms with Crippen molar-refractivity contribution in [1.29, 1.82) is 0 Å². The van der Waals surface area contributed by atoms with Crippen molar-refractivity contribution in [1.82, 2.24) is 4.90 Å². The largest absolute Gasteiger partial charge is 0.490 e. The molecule has 0 radical (unpaired) electrons. The molecule has 2 atom stereocenters. The molecule has 3 heterocycles. The number of hydrogen-bond donors (Lipinski definition) is 0. The second kappa shape index (κ2) is 6.10. The molecule has 5 nitrogen and oxygen atoms in total. The number of fused-ring (bicyclic) bond motifs is 2. The normalized spacial score (nSPS) is 32.8. The summed E-state index contributed by atoms with van der Waals surface area (Å²) < 4.78 is 24.3. The van der Waals surface area contributed by atoms with Crippen molar-refractivity contribution in [3.8, 4) is 0 Å². The first-order valence-corrected chi connectivity index (χ1v) is 9.02. The molecule has 2 saturated heterocycles. The van der Waals surface area contributed by atoms with Crippen LogP contribution in [0.25, 0.3) is 0 Å². The lowest BCUT2D eigenvalue weighted by Gasteiger charge is -2.45. The highest BCUT2D eigenvalue weighted by Gasteiger charge is 2.53. The van der Waals surface area contributed by atoms with Gasteiger partial charge in [-0.15, -0.1) is 0 Å². The summed E-state index contributed by atoms with van der Waals surface area (Å²) in [7, 11) is -0.246. The molecule has 6 heteroatoms.